The summed E-state index contributed by atoms with van der Waals surface area (Å²) in [5.41, 5.74) is 6.55. The van der Waals surface area contributed by atoms with E-state index in [4.69, 9.17) is 10.5 Å². The Bertz CT molecular complexity index is 249. The Balaban J connectivity index is 1.49. The molecule has 0 bridgehead atoms. The molecule has 1 aliphatic heterocycles. The highest BCUT2D eigenvalue weighted by atomic mass is 16.5. The average molecular weight is 268 g/mol. The molecule has 0 aromatic carbocycles. The lowest BCUT2D eigenvalue weighted by Crippen LogP contribution is -2.55. The third kappa shape index (κ3) is 4.17. The van der Waals surface area contributed by atoms with Gasteiger partial charge in [0.05, 0.1) is 6.10 Å². The predicted octanol–water partition coefficient (Wildman–Crippen LogP) is 2.79. The van der Waals surface area contributed by atoms with E-state index in [1.807, 2.05) is 0 Å². The maximum atomic E-state index is 5.97. The van der Waals surface area contributed by atoms with Crippen molar-refractivity contribution in [2.24, 2.45) is 11.1 Å². The molecule has 1 saturated heterocycles. The van der Waals surface area contributed by atoms with Gasteiger partial charge in [-0.05, 0) is 50.4 Å². The van der Waals surface area contributed by atoms with Gasteiger partial charge in [0.15, 0.2) is 0 Å². The van der Waals surface area contributed by atoms with E-state index in [9.17, 15) is 0 Å². The quantitative estimate of drug-likeness (QED) is 0.722. The minimum atomic E-state index is 0.428. The molecule has 1 aliphatic carbocycles. The highest BCUT2D eigenvalue weighted by molar-refractivity contribution is 4.92. The molecule has 0 aromatic rings. The van der Waals surface area contributed by atoms with E-state index in [0.29, 0.717) is 17.6 Å². The van der Waals surface area contributed by atoms with Crippen LogP contribution in [0.15, 0.2) is 0 Å². The van der Waals surface area contributed by atoms with Gasteiger partial charge in [0, 0.05) is 32.3 Å². The normalized spacial score (nSPS) is 31.1. The van der Waals surface area contributed by atoms with Crippen LogP contribution < -0.4 is 5.73 Å². The van der Waals surface area contributed by atoms with Crippen LogP contribution in [0.2, 0.25) is 0 Å². The van der Waals surface area contributed by atoms with E-state index >= 15 is 0 Å². The highest BCUT2D eigenvalue weighted by Crippen LogP contribution is 2.36. The number of rotatable bonds is 7. The zero-order valence-electron chi connectivity index (χ0n) is 12.9. The molecule has 1 saturated carbocycles. The van der Waals surface area contributed by atoms with Crippen LogP contribution in [0.3, 0.4) is 0 Å². The molecule has 2 N–H and O–H groups in total. The maximum absolute atomic E-state index is 5.97. The third-order valence-electron chi connectivity index (χ3n) is 5.31. The molecule has 1 heterocycles. The molecule has 2 rings (SSSR count). The van der Waals surface area contributed by atoms with Crippen LogP contribution in [0, 0.1) is 5.41 Å². The molecule has 0 radical (unpaired) electrons. The van der Waals surface area contributed by atoms with Gasteiger partial charge < -0.3 is 15.4 Å². The van der Waals surface area contributed by atoms with Crippen molar-refractivity contribution < 1.29 is 4.74 Å². The van der Waals surface area contributed by atoms with Crippen LogP contribution in [0.1, 0.15) is 58.8 Å². The largest absolute Gasteiger partial charge is 0.378 e. The lowest BCUT2D eigenvalue weighted by molar-refractivity contribution is -0.0213. The zero-order chi connectivity index (χ0) is 13.7. The molecule has 2 aliphatic rings. The minimum absolute atomic E-state index is 0.428. The first-order valence-electron chi connectivity index (χ1n) is 8.27. The molecule has 3 heteroatoms. The Kier molecular flexibility index (Phi) is 5.67. The molecule has 0 unspecified atom stereocenters. The summed E-state index contributed by atoms with van der Waals surface area (Å²) >= 11 is 0. The predicted molar refractivity (Wildman–Crippen MR) is 80.3 cm³/mol. The molecule has 2 fully saturated rings. The first-order chi connectivity index (χ1) is 9.17. The molecule has 112 valence electrons. The third-order valence-corrected chi connectivity index (χ3v) is 5.31. The summed E-state index contributed by atoms with van der Waals surface area (Å²) in [7, 11) is 0. The zero-order valence-corrected chi connectivity index (χ0v) is 12.9. The van der Waals surface area contributed by atoms with Crippen molar-refractivity contribution in [2.75, 3.05) is 26.2 Å². The first kappa shape index (κ1) is 15.3. The Hall–Kier alpha value is -0.120. The SMILES string of the molecule is CCC1(CC)CN(CCCOC2CCC(N)CC2)C1. The van der Waals surface area contributed by atoms with Crippen molar-refractivity contribution in [2.45, 2.75) is 70.9 Å². The van der Waals surface area contributed by atoms with Crippen LogP contribution in [0.4, 0.5) is 0 Å². The molecule has 0 spiro atoms. The second-order valence-corrected chi connectivity index (χ2v) is 6.68. The minimum Gasteiger partial charge on any atom is -0.378 e. The van der Waals surface area contributed by atoms with Gasteiger partial charge in [-0.15, -0.1) is 0 Å². The number of nitrogens with two attached hydrogens (primary N) is 1. The topological polar surface area (TPSA) is 38.5 Å². The molecule has 3 nitrogen and oxygen atoms in total. The standard InChI is InChI=1S/C16H32N2O/c1-3-16(4-2)12-18(13-16)10-5-11-19-15-8-6-14(17)7-9-15/h14-15H,3-13,17H2,1-2H3. The van der Waals surface area contributed by atoms with Crippen LogP contribution >= 0.6 is 0 Å². The fraction of sp³-hybridized carbons (Fsp3) is 1.00. The Morgan fingerprint density at radius 2 is 1.74 bits per heavy atom. The van der Waals surface area contributed by atoms with E-state index in [-0.39, 0.29) is 0 Å². The van der Waals surface area contributed by atoms with Gasteiger partial charge in [0.25, 0.3) is 0 Å². The number of likely N-dealkylation sites (tertiary alicyclic amines) is 1. The Morgan fingerprint density at radius 1 is 1.11 bits per heavy atom. The molecule has 19 heavy (non-hydrogen) atoms. The van der Waals surface area contributed by atoms with E-state index < -0.39 is 0 Å². The van der Waals surface area contributed by atoms with Gasteiger partial charge in [-0.1, -0.05) is 13.8 Å². The van der Waals surface area contributed by atoms with Crippen LogP contribution in [-0.4, -0.2) is 43.3 Å². The highest BCUT2D eigenvalue weighted by Gasteiger charge is 2.38. The molecule has 0 aromatic heterocycles. The lowest BCUT2D eigenvalue weighted by atomic mass is 9.75. The fourth-order valence-electron chi connectivity index (χ4n) is 3.55. The van der Waals surface area contributed by atoms with Crippen molar-refractivity contribution in [3.05, 3.63) is 0 Å². The van der Waals surface area contributed by atoms with Gasteiger partial charge in [-0.2, -0.15) is 0 Å². The van der Waals surface area contributed by atoms with Crippen molar-refractivity contribution in [1.82, 2.24) is 4.90 Å². The summed E-state index contributed by atoms with van der Waals surface area (Å²) < 4.78 is 5.97. The lowest BCUT2D eigenvalue weighted by Gasteiger charge is -2.50. The van der Waals surface area contributed by atoms with E-state index in [1.54, 1.807) is 0 Å². The van der Waals surface area contributed by atoms with Gasteiger partial charge >= 0.3 is 0 Å². The van der Waals surface area contributed by atoms with Gasteiger partial charge in [-0.3, -0.25) is 0 Å². The van der Waals surface area contributed by atoms with Crippen molar-refractivity contribution in [3.8, 4) is 0 Å². The smallest absolute Gasteiger partial charge is 0.0576 e. The molecular weight excluding hydrogens is 236 g/mol. The summed E-state index contributed by atoms with van der Waals surface area (Å²) in [6, 6.07) is 0.428. The van der Waals surface area contributed by atoms with E-state index in [2.05, 4.69) is 18.7 Å². The van der Waals surface area contributed by atoms with Crippen molar-refractivity contribution in [3.63, 3.8) is 0 Å². The number of ether oxygens (including phenoxy) is 1. The molecule has 0 atom stereocenters. The first-order valence-corrected chi connectivity index (χ1v) is 8.27. The van der Waals surface area contributed by atoms with Crippen molar-refractivity contribution >= 4 is 0 Å². The monoisotopic (exact) mass is 268 g/mol. The average Bonchev–Trinajstić information content (AvgIpc) is 2.39. The van der Waals surface area contributed by atoms with Crippen LogP contribution in [0.25, 0.3) is 0 Å². The number of nitrogens with zero attached hydrogens (tertiary/aromatic N) is 1. The summed E-state index contributed by atoms with van der Waals surface area (Å²) in [4.78, 5) is 2.59. The van der Waals surface area contributed by atoms with Crippen molar-refractivity contribution in [1.29, 1.82) is 0 Å². The van der Waals surface area contributed by atoms with Gasteiger partial charge in [-0.25, -0.2) is 0 Å². The summed E-state index contributed by atoms with van der Waals surface area (Å²) in [5, 5.41) is 0. The number of hydrogen-bond donors (Lipinski definition) is 1. The second kappa shape index (κ2) is 7.05. The fourth-order valence-corrected chi connectivity index (χ4v) is 3.55. The Labute approximate surface area is 118 Å². The number of hydrogen-bond acceptors (Lipinski definition) is 3. The van der Waals surface area contributed by atoms with Crippen LogP contribution in [0.5, 0.6) is 0 Å². The molecular formula is C16H32N2O. The Morgan fingerprint density at radius 3 is 2.32 bits per heavy atom. The summed E-state index contributed by atoms with van der Waals surface area (Å²) in [6.45, 7) is 9.42. The summed E-state index contributed by atoms with van der Waals surface area (Å²) in [5.74, 6) is 0. The van der Waals surface area contributed by atoms with E-state index in [0.717, 1.165) is 19.4 Å². The molecule has 0 amide bonds. The van der Waals surface area contributed by atoms with Gasteiger partial charge in [0.2, 0.25) is 0 Å². The maximum Gasteiger partial charge on any atom is 0.0576 e. The van der Waals surface area contributed by atoms with Crippen LogP contribution in [-0.2, 0) is 4.74 Å². The van der Waals surface area contributed by atoms with E-state index in [1.165, 1.54) is 51.7 Å². The second-order valence-electron chi connectivity index (χ2n) is 6.68. The summed E-state index contributed by atoms with van der Waals surface area (Å²) in [6.07, 6.45) is 8.96. The van der Waals surface area contributed by atoms with Gasteiger partial charge in [0.1, 0.15) is 0 Å².